The molecule has 16 heavy (non-hydrogen) atoms. The largest absolute Gasteiger partial charge is 0.457 e. The van der Waals surface area contributed by atoms with Gasteiger partial charge in [0.2, 0.25) is 0 Å². The van der Waals surface area contributed by atoms with Crippen LogP contribution >= 0.6 is 15.9 Å². The Morgan fingerprint density at radius 2 is 2.25 bits per heavy atom. The fourth-order valence-electron chi connectivity index (χ4n) is 1.99. The molecule has 1 aromatic heterocycles. The molecule has 1 amide bonds. The van der Waals surface area contributed by atoms with Crippen molar-refractivity contribution in [3.05, 3.63) is 22.6 Å². The lowest BCUT2D eigenvalue weighted by Gasteiger charge is -2.21. The molecule has 4 nitrogen and oxygen atoms in total. The highest BCUT2D eigenvalue weighted by molar-refractivity contribution is 9.10. The molecule has 2 N–H and O–H groups in total. The lowest BCUT2D eigenvalue weighted by molar-refractivity contribution is 0.0449. The van der Waals surface area contributed by atoms with Gasteiger partial charge in [-0.1, -0.05) is 12.8 Å². The zero-order chi connectivity index (χ0) is 11.6. The Labute approximate surface area is 102 Å². The number of aliphatic hydroxyl groups is 1. The molecule has 1 heterocycles. The van der Waals surface area contributed by atoms with Crippen LogP contribution in [0.1, 0.15) is 36.0 Å². The predicted octanol–water partition coefficient (Wildman–Crippen LogP) is 2.08. The maximum absolute atomic E-state index is 11.7. The van der Waals surface area contributed by atoms with Crippen molar-refractivity contribution in [3.8, 4) is 0 Å². The van der Waals surface area contributed by atoms with Gasteiger partial charge in [-0.05, 0) is 28.8 Å². The molecule has 1 aliphatic carbocycles. The molecular weight excluding hydrogens is 274 g/mol. The van der Waals surface area contributed by atoms with Crippen LogP contribution in [0.3, 0.4) is 0 Å². The molecule has 5 heteroatoms. The van der Waals surface area contributed by atoms with E-state index in [0.717, 1.165) is 25.7 Å². The van der Waals surface area contributed by atoms with Crippen molar-refractivity contribution >= 4 is 21.8 Å². The number of amides is 1. The van der Waals surface area contributed by atoms with E-state index < -0.39 is 5.60 Å². The Kier molecular flexibility index (Phi) is 3.35. The summed E-state index contributed by atoms with van der Waals surface area (Å²) in [6.07, 6.45) is 4.98. The van der Waals surface area contributed by atoms with Gasteiger partial charge in [0.25, 0.3) is 5.91 Å². The summed E-state index contributed by atoms with van der Waals surface area (Å²) in [6, 6.07) is 1.61. The topological polar surface area (TPSA) is 62.5 Å². The minimum Gasteiger partial charge on any atom is -0.457 e. The fraction of sp³-hybridized carbons (Fsp3) is 0.545. The average Bonchev–Trinajstić information content (AvgIpc) is 2.85. The Morgan fingerprint density at radius 3 is 2.81 bits per heavy atom. The van der Waals surface area contributed by atoms with Crippen LogP contribution < -0.4 is 5.32 Å². The third-order valence-corrected chi connectivity index (χ3v) is 3.36. The minimum atomic E-state index is -0.712. The molecule has 1 saturated carbocycles. The molecule has 0 aromatic carbocycles. The first-order chi connectivity index (χ1) is 7.59. The highest BCUT2D eigenvalue weighted by atomic mass is 79.9. The Bertz CT molecular complexity index is 382. The van der Waals surface area contributed by atoms with E-state index in [0.29, 0.717) is 16.8 Å². The fourth-order valence-corrected chi connectivity index (χ4v) is 2.33. The van der Waals surface area contributed by atoms with Crippen LogP contribution in [0, 0.1) is 0 Å². The van der Waals surface area contributed by atoms with Gasteiger partial charge >= 0.3 is 0 Å². The van der Waals surface area contributed by atoms with Crippen LogP contribution in [-0.2, 0) is 0 Å². The Balaban J connectivity index is 1.88. The first-order valence-corrected chi connectivity index (χ1v) is 6.13. The van der Waals surface area contributed by atoms with Gasteiger partial charge in [-0.3, -0.25) is 4.79 Å². The number of hydrogen-bond donors (Lipinski definition) is 2. The van der Waals surface area contributed by atoms with E-state index >= 15 is 0 Å². The van der Waals surface area contributed by atoms with Gasteiger partial charge in [0.15, 0.2) is 4.67 Å². The number of carbonyl (C=O) groups is 1. The number of hydrogen-bond acceptors (Lipinski definition) is 3. The molecule has 88 valence electrons. The normalized spacial score (nSPS) is 18.6. The molecule has 0 aliphatic heterocycles. The molecule has 0 spiro atoms. The third-order valence-electron chi connectivity index (χ3n) is 2.94. The van der Waals surface area contributed by atoms with E-state index in [-0.39, 0.29) is 5.91 Å². The summed E-state index contributed by atoms with van der Waals surface area (Å²) in [7, 11) is 0. The molecular formula is C11H14BrNO3. The zero-order valence-electron chi connectivity index (χ0n) is 8.83. The summed E-state index contributed by atoms with van der Waals surface area (Å²) in [6.45, 7) is 0.314. The van der Waals surface area contributed by atoms with Gasteiger partial charge in [-0.25, -0.2) is 0 Å². The second kappa shape index (κ2) is 4.59. The van der Waals surface area contributed by atoms with Crippen LogP contribution in [0.2, 0.25) is 0 Å². The van der Waals surface area contributed by atoms with E-state index in [4.69, 9.17) is 4.42 Å². The van der Waals surface area contributed by atoms with Crippen molar-refractivity contribution in [2.45, 2.75) is 31.3 Å². The summed E-state index contributed by atoms with van der Waals surface area (Å²) < 4.78 is 5.50. The highest BCUT2D eigenvalue weighted by Gasteiger charge is 2.31. The third kappa shape index (κ3) is 2.65. The van der Waals surface area contributed by atoms with Gasteiger partial charge in [0.05, 0.1) is 11.2 Å². The van der Waals surface area contributed by atoms with E-state index in [1.165, 1.54) is 6.26 Å². The maximum Gasteiger partial charge on any atom is 0.254 e. The van der Waals surface area contributed by atoms with Crippen molar-refractivity contribution in [3.63, 3.8) is 0 Å². The standard InChI is InChI=1S/C11H14BrNO3/c12-9-5-8(6-16-9)10(14)13-7-11(15)3-1-2-4-11/h5-6,15H,1-4,7H2,(H,13,14). The molecule has 0 atom stereocenters. The van der Waals surface area contributed by atoms with E-state index in [2.05, 4.69) is 21.2 Å². The number of halogens is 1. The van der Waals surface area contributed by atoms with Crippen LogP contribution in [0.15, 0.2) is 21.4 Å². The van der Waals surface area contributed by atoms with Crippen molar-refractivity contribution in [2.24, 2.45) is 0 Å². The van der Waals surface area contributed by atoms with Gasteiger partial charge in [0.1, 0.15) is 6.26 Å². The predicted molar refractivity (Wildman–Crippen MR) is 62.2 cm³/mol. The lowest BCUT2D eigenvalue weighted by atomic mass is 10.0. The Hall–Kier alpha value is -0.810. The van der Waals surface area contributed by atoms with Crippen LogP contribution in [-0.4, -0.2) is 23.2 Å². The number of nitrogens with one attached hydrogen (secondary N) is 1. The Morgan fingerprint density at radius 1 is 1.56 bits per heavy atom. The van der Waals surface area contributed by atoms with Crippen LogP contribution in [0.25, 0.3) is 0 Å². The van der Waals surface area contributed by atoms with Crippen molar-refractivity contribution in [1.29, 1.82) is 0 Å². The molecule has 0 saturated heterocycles. The molecule has 0 radical (unpaired) electrons. The van der Waals surface area contributed by atoms with E-state index in [9.17, 15) is 9.90 Å². The van der Waals surface area contributed by atoms with Crippen molar-refractivity contribution < 1.29 is 14.3 Å². The van der Waals surface area contributed by atoms with Crippen molar-refractivity contribution in [1.82, 2.24) is 5.32 Å². The smallest absolute Gasteiger partial charge is 0.254 e. The number of rotatable bonds is 3. The molecule has 2 rings (SSSR count). The number of carbonyl (C=O) groups excluding carboxylic acids is 1. The van der Waals surface area contributed by atoms with Gasteiger partial charge in [0, 0.05) is 12.6 Å². The average molecular weight is 288 g/mol. The molecule has 0 unspecified atom stereocenters. The summed E-state index contributed by atoms with van der Waals surface area (Å²) >= 11 is 3.13. The monoisotopic (exact) mass is 287 g/mol. The summed E-state index contributed by atoms with van der Waals surface area (Å²) in [5.41, 5.74) is -0.246. The van der Waals surface area contributed by atoms with Gasteiger partial charge < -0.3 is 14.8 Å². The first-order valence-electron chi connectivity index (χ1n) is 5.34. The maximum atomic E-state index is 11.7. The lowest BCUT2D eigenvalue weighted by Crippen LogP contribution is -2.40. The molecule has 1 aliphatic rings. The zero-order valence-corrected chi connectivity index (χ0v) is 10.4. The van der Waals surface area contributed by atoms with Crippen LogP contribution in [0.4, 0.5) is 0 Å². The van der Waals surface area contributed by atoms with Crippen molar-refractivity contribution in [2.75, 3.05) is 6.54 Å². The molecule has 0 bridgehead atoms. The quantitative estimate of drug-likeness (QED) is 0.895. The SMILES string of the molecule is O=C(NCC1(O)CCCC1)c1coc(Br)c1. The summed E-state index contributed by atoms with van der Waals surface area (Å²) in [4.78, 5) is 11.7. The second-order valence-electron chi connectivity index (χ2n) is 4.25. The second-order valence-corrected chi connectivity index (χ2v) is 5.04. The van der Waals surface area contributed by atoms with E-state index in [1.54, 1.807) is 6.07 Å². The molecule has 1 fully saturated rings. The van der Waals surface area contributed by atoms with E-state index in [1.807, 2.05) is 0 Å². The number of furan rings is 1. The van der Waals surface area contributed by atoms with Gasteiger partial charge in [-0.2, -0.15) is 0 Å². The molecule has 1 aromatic rings. The van der Waals surface area contributed by atoms with Crippen LogP contribution in [0.5, 0.6) is 0 Å². The summed E-state index contributed by atoms with van der Waals surface area (Å²) in [5.74, 6) is -0.213. The summed E-state index contributed by atoms with van der Waals surface area (Å²) in [5, 5.41) is 12.8. The minimum absolute atomic E-state index is 0.213. The first kappa shape index (κ1) is 11.7. The van der Waals surface area contributed by atoms with Gasteiger partial charge in [-0.15, -0.1) is 0 Å². The highest BCUT2D eigenvalue weighted by Crippen LogP contribution is 2.28.